The summed E-state index contributed by atoms with van der Waals surface area (Å²) in [7, 11) is 1.79. The molecule has 0 radical (unpaired) electrons. The van der Waals surface area contributed by atoms with Gasteiger partial charge < -0.3 is 5.32 Å². The largest absolute Gasteiger partial charge is 0.389 e. The van der Waals surface area contributed by atoms with E-state index >= 15 is 0 Å². The van der Waals surface area contributed by atoms with Crippen LogP contribution >= 0.6 is 11.8 Å². The summed E-state index contributed by atoms with van der Waals surface area (Å²) in [5, 5.41) is 3.00. The molecule has 0 rings (SSSR count). The SMILES string of the molecule is CNC(CCCC(F)(F)F)CSC. The summed E-state index contributed by atoms with van der Waals surface area (Å²) in [5.74, 6) is 0.869. The van der Waals surface area contributed by atoms with E-state index in [0.29, 0.717) is 6.42 Å². The Bertz CT molecular complexity index is 127. The van der Waals surface area contributed by atoms with Gasteiger partial charge in [0.25, 0.3) is 0 Å². The summed E-state index contributed by atoms with van der Waals surface area (Å²) in [6.45, 7) is 0. The van der Waals surface area contributed by atoms with E-state index in [1.54, 1.807) is 18.8 Å². The maximum atomic E-state index is 11.8. The Labute approximate surface area is 81.5 Å². The van der Waals surface area contributed by atoms with E-state index in [2.05, 4.69) is 5.32 Å². The molecule has 0 aliphatic rings. The fourth-order valence-electron chi connectivity index (χ4n) is 1.06. The van der Waals surface area contributed by atoms with Crippen LogP contribution in [0, 0.1) is 0 Å². The number of thioether (sulfide) groups is 1. The van der Waals surface area contributed by atoms with E-state index < -0.39 is 12.6 Å². The summed E-state index contributed by atoms with van der Waals surface area (Å²) >= 11 is 1.65. The predicted molar refractivity (Wildman–Crippen MR) is 51.1 cm³/mol. The highest BCUT2D eigenvalue weighted by atomic mass is 32.2. The van der Waals surface area contributed by atoms with Crippen molar-refractivity contribution in [2.24, 2.45) is 0 Å². The Morgan fingerprint density at radius 3 is 2.38 bits per heavy atom. The van der Waals surface area contributed by atoms with Crippen LogP contribution in [-0.4, -0.2) is 31.3 Å². The van der Waals surface area contributed by atoms with Crippen LogP contribution in [0.1, 0.15) is 19.3 Å². The summed E-state index contributed by atoms with van der Waals surface area (Å²) in [6, 6.07) is 0.206. The summed E-state index contributed by atoms with van der Waals surface area (Å²) in [6.07, 6.45) is -1.91. The standard InChI is InChI=1S/C8H16F3NS/c1-12-7(6-13-2)4-3-5-8(9,10)11/h7,12H,3-6H2,1-2H3. The third-order valence-electron chi connectivity index (χ3n) is 1.79. The second-order valence-corrected chi connectivity index (χ2v) is 3.86. The molecule has 0 amide bonds. The molecule has 0 aromatic carbocycles. The molecule has 0 aromatic heterocycles. The normalized spacial score (nSPS) is 14.5. The highest BCUT2D eigenvalue weighted by Crippen LogP contribution is 2.22. The van der Waals surface area contributed by atoms with Crippen molar-refractivity contribution in [3.05, 3.63) is 0 Å². The lowest BCUT2D eigenvalue weighted by Crippen LogP contribution is -2.27. The Hall–Kier alpha value is 0.100. The molecule has 80 valence electrons. The smallest absolute Gasteiger partial charge is 0.316 e. The minimum absolute atomic E-state index is 0.206. The van der Waals surface area contributed by atoms with Gasteiger partial charge >= 0.3 is 6.18 Å². The van der Waals surface area contributed by atoms with Crippen molar-refractivity contribution in [2.45, 2.75) is 31.5 Å². The third kappa shape index (κ3) is 8.43. The Morgan fingerprint density at radius 1 is 1.38 bits per heavy atom. The number of hydrogen-bond donors (Lipinski definition) is 1. The second-order valence-electron chi connectivity index (χ2n) is 2.95. The van der Waals surface area contributed by atoms with Crippen LogP contribution in [0.3, 0.4) is 0 Å². The van der Waals surface area contributed by atoms with Crippen LogP contribution in [0.5, 0.6) is 0 Å². The van der Waals surface area contributed by atoms with Crippen LogP contribution in [0.4, 0.5) is 13.2 Å². The van der Waals surface area contributed by atoms with Crippen LogP contribution in [0.15, 0.2) is 0 Å². The first kappa shape index (κ1) is 13.1. The molecule has 1 nitrogen and oxygen atoms in total. The van der Waals surface area contributed by atoms with E-state index in [1.807, 2.05) is 6.26 Å². The number of alkyl halides is 3. The lowest BCUT2D eigenvalue weighted by molar-refractivity contribution is -0.135. The topological polar surface area (TPSA) is 12.0 Å². The molecule has 0 saturated carbocycles. The molecule has 1 unspecified atom stereocenters. The van der Waals surface area contributed by atoms with Crippen molar-refractivity contribution in [3.63, 3.8) is 0 Å². The van der Waals surface area contributed by atoms with Gasteiger partial charge in [-0.2, -0.15) is 24.9 Å². The van der Waals surface area contributed by atoms with Crippen LogP contribution in [-0.2, 0) is 0 Å². The molecule has 0 aliphatic carbocycles. The lowest BCUT2D eigenvalue weighted by atomic mass is 10.1. The molecule has 5 heteroatoms. The first-order chi connectivity index (χ1) is 5.99. The van der Waals surface area contributed by atoms with Crippen molar-refractivity contribution < 1.29 is 13.2 Å². The average Bonchev–Trinajstić information content (AvgIpc) is 2.01. The third-order valence-corrected chi connectivity index (χ3v) is 2.52. The number of hydrogen-bond acceptors (Lipinski definition) is 2. The minimum Gasteiger partial charge on any atom is -0.316 e. The molecule has 0 heterocycles. The minimum atomic E-state index is -4.00. The fraction of sp³-hybridized carbons (Fsp3) is 1.00. The summed E-state index contributed by atoms with van der Waals surface area (Å²) in [4.78, 5) is 0. The maximum absolute atomic E-state index is 11.8. The Morgan fingerprint density at radius 2 is 2.00 bits per heavy atom. The first-order valence-corrected chi connectivity index (χ1v) is 5.62. The van der Waals surface area contributed by atoms with Gasteiger partial charge in [0.15, 0.2) is 0 Å². The van der Waals surface area contributed by atoms with Gasteiger partial charge in [-0.15, -0.1) is 0 Å². The maximum Gasteiger partial charge on any atom is 0.389 e. The van der Waals surface area contributed by atoms with E-state index in [9.17, 15) is 13.2 Å². The zero-order valence-corrected chi connectivity index (χ0v) is 8.76. The molecule has 1 N–H and O–H groups in total. The Kier molecular flexibility index (Phi) is 6.59. The van der Waals surface area contributed by atoms with Crippen LogP contribution < -0.4 is 5.32 Å². The van der Waals surface area contributed by atoms with Gasteiger partial charge in [-0.1, -0.05) is 0 Å². The van der Waals surface area contributed by atoms with Crippen LogP contribution in [0.25, 0.3) is 0 Å². The summed E-state index contributed by atoms with van der Waals surface area (Å²) < 4.78 is 35.3. The van der Waals surface area contributed by atoms with Crippen molar-refractivity contribution >= 4 is 11.8 Å². The van der Waals surface area contributed by atoms with Gasteiger partial charge in [-0.25, -0.2) is 0 Å². The lowest BCUT2D eigenvalue weighted by Gasteiger charge is -2.14. The van der Waals surface area contributed by atoms with Crippen molar-refractivity contribution in [2.75, 3.05) is 19.1 Å². The number of nitrogens with one attached hydrogen (secondary N) is 1. The molecule has 0 bridgehead atoms. The molecule has 13 heavy (non-hydrogen) atoms. The molecule has 0 aliphatic heterocycles. The van der Waals surface area contributed by atoms with E-state index in [0.717, 1.165) is 5.75 Å². The van der Waals surface area contributed by atoms with Gasteiger partial charge in [0.1, 0.15) is 0 Å². The van der Waals surface area contributed by atoms with E-state index in [4.69, 9.17) is 0 Å². The van der Waals surface area contributed by atoms with Gasteiger partial charge in [0.2, 0.25) is 0 Å². The zero-order valence-electron chi connectivity index (χ0n) is 7.95. The molecule has 0 fully saturated rings. The van der Waals surface area contributed by atoms with Crippen molar-refractivity contribution in [1.29, 1.82) is 0 Å². The summed E-state index contributed by atoms with van der Waals surface area (Å²) in [5.41, 5.74) is 0. The van der Waals surface area contributed by atoms with E-state index in [1.165, 1.54) is 0 Å². The highest BCUT2D eigenvalue weighted by Gasteiger charge is 2.26. The first-order valence-electron chi connectivity index (χ1n) is 4.22. The average molecular weight is 215 g/mol. The molecular weight excluding hydrogens is 199 g/mol. The molecule has 1 atom stereocenters. The highest BCUT2D eigenvalue weighted by molar-refractivity contribution is 7.98. The van der Waals surface area contributed by atoms with Gasteiger partial charge in [0, 0.05) is 18.2 Å². The molecule has 0 spiro atoms. The zero-order chi connectivity index (χ0) is 10.3. The van der Waals surface area contributed by atoms with Crippen molar-refractivity contribution in [3.8, 4) is 0 Å². The predicted octanol–water partition coefficient (Wildman–Crippen LogP) is 2.67. The van der Waals surface area contributed by atoms with Gasteiger partial charge in [0.05, 0.1) is 0 Å². The van der Waals surface area contributed by atoms with Crippen LogP contribution in [0.2, 0.25) is 0 Å². The number of rotatable bonds is 6. The van der Waals surface area contributed by atoms with Gasteiger partial charge in [-0.05, 0) is 26.1 Å². The number of halogens is 3. The Balaban J connectivity index is 3.49. The second kappa shape index (κ2) is 6.54. The molecule has 0 aromatic rings. The fourth-order valence-corrected chi connectivity index (χ4v) is 1.80. The monoisotopic (exact) mass is 215 g/mol. The van der Waals surface area contributed by atoms with Crippen molar-refractivity contribution in [1.82, 2.24) is 5.32 Å². The van der Waals surface area contributed by atoms with Gasteiger partial charge in [-0.3, -0.25) is 0 Å². The quantitative estimate of drug-likeness (QED) is 0.731. The van der Waals surface area contributed by atoms with E-state index in [-0.39, 0.29) is 12.5 Å². The molecular formula is C8H16F3NS. The molecule has 0 saturated heterocycles.